The lowest BCUT2D eigenvalue weighted by atomic mass is 10.0. The van der Waals surface area contributed by atoms with E-state index in [-0.39, 0.29) is 5.66 Å². The molecule has 58 valence electrons. The Kier molecular flexibility index (Phi) is 3.07. The summed E-state index contributed by atoms with van der Waals surface area (Å²) in [7, 11) is 0. The third-order valence-electron chi connectivity index (χ3n) is 1.74. The van der Waals surface area contributed by atoms with E-state index in [4.69, 9.17) is 0 Å². The molecule has 10 heavy (non-hydrogen) atoms. The first-order valence-corrected chi connectivity index (χ1v) is 5.35. The summed E-state index contributed by atoms with van der Waals surface area (Å²) in [5.74, 6) is 0. The van der Waals surface area contributed by atoms with Gasteiger partial charge >= 0.3 is 0 Å². The first-order chi connectivity index (χ1) is 4.83. The molecule has 3 heteroatoms. The lowest BCUT2D eigenvalue weighted by Gasteiger charge is -2.05. The molecular formula is C7H13IN2. The molecule has 0 aromatic rings. The molecule has 0 unspecified atom stereocenters. The van der Waals surface area contributed by atoms with Gasteiger partial charge in [0.25, 0.3) is 0 Å². The summed E-state index contributed by atoms with van der Waals surface area (Å²) in [4.78, 5) is 0. The van der Waals surface area contributed by atoms with Gasteiger partial charge < -0.3 is 0 Å². The predicted molar refractivity (Wildman–Crippen MR) is 50.6 cm³/mol. The second-order valence-corrected chi connectivity index (χ2v) is 3.80. The fourth-order valence-electron chi connectivity index (χ4n) is 1.15. The van der Waals surface area contributed by atoms with Crippen LogP contribution in [0.4, 0.5) is 0 Å². The molecule has 0 saturated carbocycles. The number of alkyl halides is 1. The number of nitrogens with zero attached hydrogens (tertiary/aromatic N) is 2. The molecule has 1 aliphatic rings. The van der Waals surface area contributed by atoms with Gasteiger partial charge in [-0.3, -0.25) is 0 Å². The molecule has 0 aliphatic carbocycles. The topological polar surface area (TPSA) is 24.7 Å². The molecule has 1 rings (SSSR count). The smallest absolute Gasteiger partial charge is 0.159 e. The molecule has 0 fully saturated rings. The molecular weight excluding hydrogens is 239 g/mol. The van der Waals surface area contributed by atoms with Crippen molar-refractivity contribution in [2.75, 3.05) is 4.43 Å². The van der Waals surface area contributed by atoms with E-state index in [1.807, 2.05) is 0 Å². The third-order valence-corrected chi connectivity index (χ3v) is 2.51. The molecule has 0 aromatic carbocycles. The van der Waals surface area contributed by atoms with Crippen LogP contribution in [0.25, 0.3) is 0 Å². The second kappa shape index (κ2) is 3.64. The fourth-order valence-corrected chi connectivity index (χ4v) is 1.53. The monoisotopic (exact) mass is 252 g/mol. The zero-order valence-electron chi connectivity index (χ0n) is 6.31. The van der Waals surface area contributed by atoms with Gasteiger partial charge in [0, 0.05) is 0 Å². The van der Waals surface area contributed by atoms with Crippen LogP contribution in [0.15, 0.2) is 10.2 Å². The zero-order valence-corrected chi connectivity index (χ0v) is 8.47. The first-order valence-electron chi connectivity index (χ1n) is 3.83. The Bertz CT molecular complexity index is 128. The lowest BCUT2D eigenvalue weighted by molar-refractivity contribution is 0.497. The molecule has 0 bridgehead atoms. The van der Waals surface area contributed by atoms with Crippen molar-refractivity contribution in [3.05, 3.63) is 0 Å². The average molecular weight is 252 g/mol. The van der Waals surface area contributed by atoms with Crippen molar-refractivity contribution in [2.24, 2.45) is 10.2 Å². The summed E-state index contributed by atoms with van der Waals surface area (Å²) in [6.45, 7) is 2.19. The Labute approximate surface area is 75.6 Å². The number of hydrogen-bond donors (Lipinski definition) is 0. The highest BCUT2D eigenvalue weighted by Crippen LogP contribution is 2.37. The highest BCUT2D eigenvalue weighted by atomic mass is 127. The van der Waals surface area contributed by atoms with Crippen LogP contribution in [-0.2, 0) is 0 Å². The van der Waals surface area contributed by atoms with Gasteiger partial charge in [-0.1, -0.05) is 35.9 Å². The summed E-state index contributed by atoms with van der Waals surface area (Å²) in [5.41, 5.74) is 0.0971. The van der Waals surface area contributed by atoms with Gasteiger partial charge in [0.15, 0.2) is 5.66 Å². The van der Waals surface area contributed by atoms with Crippen LogP contribution >= 0.6 is 22.6 Å². The molecule has 0 aromatic heterocycles. The quantitative estimate of drug-likeness (QED) is 0.530. The van der Waals surface area contributed by atoms with Crippen LogP contribution in [0.3, 0.4) is 0 Å². The minimum absolute atomic E-state index is 0.0971. The van der Waals surface area contributed by atoms with E-state index in [2.05, 4.69) is 39.7 Å². The predicted octanol–water partition coefficient (Wildman–Crippen LogP) is 3.16. The van der Waals surface area contributed by atoms with Crippen molar-refractivity contribution in [3.8, 4) is 0 Å². The van der Waals surface area contributed by atoms with Crippen molar-refractivity contribution in [1.82, 2.24) is 0 Å². The number of hydrogen-bond acceptors (Lipinski definition) is 2. The van der Waals surface area contributed by atoms with Crippen molar-refractivity contribution in [1.29, 1.82) is 0 Å². The van der Waals surface area contributed by atoms with Crippen LogP contribution in [-0.4, -0.2) is 10.1 Å². The summed E-state index contributed by atoms with van der Waals surface area (Å²) in [5, 5.41) is 8.17. The Hall–Kier alpha value is 0.330. The summed E-state index contributed by atoms with van der Waals surface area (Å²) in [6, 6.07) is 0. The van der Waals surface area contributed by atoms with Crippen molar-refractivity contribution < 1.29 is 0 Å². The largest absolute Gasteiger partial charge is 0.191 e. The SMILES string of the molecule is CCCC1(CCCI)N=N1. The first kappa shape index (κ1) is 8.43. The Morgan fingerprint density at radius 3 is 2.40 bits per heavy atom. The average Bonchev–Trinajstić information content (AvgIpc) is 2.67. The van der Waals surface area contributed by atoms with Gasteiger partial charge in [-0.2, -0.15) is 10.2 Å². The van der Waals surface area contributed by atoms with Gasteiger partial charge in [-0.05, 0) is 23.7 Å². The van der Waals surface area contributed by atoms with Crippen molar-refractivity contribution >= 4 is 22.6 Å². The molecule has 0 radical (unpaired) electrons. The van der Waals surface area contributed by atoms with Gasteiger partial charge in [0.05, 0.1) is 0 Å². The maximum Gasteiger partial charge on any atom is 0.191 e. The Morgan fingerprint density at radius 1 is 1.30 bits per heavy atom. The van der Waals surface area contributed by atoms with Crippen molar-refractivity contribution in [2.45, 2.75) is 38.3 Å². The lowest BCUT2D eigenvalue weighted by Crippen LogP contribution is -2.09. The minimum atomic E-state index is 0.0971. The van der Waals surface area contributed by atoms with Crippen LogP contribution in [0.2, 0.25) is 0 Å². The molecule has 0 spiro atoms. The van der Waals surface area contributed by atoms with E-state index in [1.54, 1.807) is 0 Å². The Balaban J connectivity index is 2.12. The van der Waals surface area contributed by atoms with E-state index < -0.39 is 0 Å². The molecule has 1 aliphatic heterocycles. The highest BCUT2D eigenvalue weighted by Gasteiger charge is 2.37. The Morgan fingerprint density at radius 2 is 2.00 bits per heavy atom. The fraction of sp³-hybridized carbons (Fsp3) is 1.00. The second-order valence-electron chi connectivity index (χ2n) is 2.72. The van der Waals surface area contributed by atoms with E-state index in [0.29, 0.717) is 0 Å². The van der Waals surface area contributed by atoms with Gasteiger partial charge in [-0.25, -0.2) is 0 Å². The summed E-state index contributed by atoms with van der Waals surface area (Å²) >= 11 is 2.40. The number of rotatable bonds is 5. The van der Waals surface area contributed by atoms with Crippen LogP contribution in [0, 0.1) is 0 Å². The maximum atomic E-state index is 4.08. The summed E-state index contributed by atoms with van der Waals surface area (Å²) < 4.78 is 1.23. The molecule has 0 saturated heterocycles. The highest BCUT2D eigenvalue weighted by molar-refractivity contribution is 14.1. The van der Waals surface area contributed by atoms with E-state index in [0.717, 1.165) is 6.42 Å². The van der Waals surface area contributed by atoms with E-state index in [1.165, 1.54) is 23.7 Å². The van der Waals surface area contributed by atoms with Crippen molar-refractivity contribution in [3.63, 3.8) is 0 Å². The van der Waals surface area contributed by atoms with Crippen LogP contribution in [0.5, 0.6) is 0 Å². The van der Waals surface area contributed by atoms with E-state index >= 15 is 0 Å². The maximum absolute atomic E-state index is 4.08. The third kappa shape index (κ3) is 2.18. The minimum Gasteiger partial charge on any atom is -0.159 e. The normalized spacial score (nSPS) is 19.4. The number of halogens is 1. The zero-order chi connectivity index (χ0) is 7.45. The molecule has 1 heterocycles. The van der Waals surface area contributed by atoms with E-state index in [9.17, 15) is 0 Å². The van der Waals surface area contributed by atoms with Crippen LogP contribution < -0.4 is 0 Å². The molecule has 0 N–H and O–H groups in total. The van der Waals surface area contributed by atoms with Crippen LogP contribution in [0.1, 0.15) is 32.6 Å². The molecule has 2 nitrogen and oxygen atoms in total. The molecule has 0 atom stereocenters. The van der Waals surface area contributed by atoms with Gasteiger partial charge in [-0.15, -0.1) is 0 Å². The standard InChI is InChI=1S/C7H13IN2/c1-2-4-7(9-10-7)5-3-6-8/h2-6H2,1H3. The van der Waals surface area contributed by atoms with Gasteiger partial charge in [0.1, 0.15) is 0 Å². The summed E-state index contributed by atoms with van der Waals surface area (Å²) in [6.07, 6.45) is 4.79. The molecule has 0 amide bonds. The van der Waals surface area contributed by atoms with Gasteiger partial charge in [0.2, 0.25) is 0 Å².